The minimum atomic E-state index is 0.539. The molecule has 0 aliphatic carbocycles. The number of nitroso groups, excluding NO2 is 1. The molecule has 0 saturated carbocycles. The molecular weight excluding hydrogens is 176 g/mol. The average Bonchev–Trinajstić information content (AvgIpc) is 2.03. The monoisotopic (exact) mass is 184 g/mol. The molecule has 1 rings (SSSR count). The van der Waals surface area contributed by atoms with E-state index in [0.29, 0.717) is 10.7 Å². The molecule has 3 nitrogen and oxygen atoms in total. The van der Waals surface area contributed by atoms with Crippen molar-refractivity contribution in [3.63, 3.8) is 0 Å². The Hall–Kier alpha value is -1.09. The molecule has 0 spiro atoms. The number of aryl methyl sites for hydroxylation is 1. The van der Waals surface area contributed by atoms with Crippen LogP contribution in [0.2, 0.25) is 5.02 Å². The lowest BCUT2D eigenvalue weighted by atomic mass is 10.2. The smallest absolute Gasteiger partial charge is 0.0838 e. The van der Waals surface area contributed by atoms with Gasteiger partial charge in [0, 0.05) is 7.05 Å². The van der Waals surface area contributed by atoms with Gasteiger partial charge in [-0.1, -0.05) is 23.7 Å². The van der Waals surface area contributed by atoms with Crippen molar-refractivity contribution < 1.29 is 0 Å². The predicted molar refractivity (Wildman–Crippen MR) is 50.4 cm³/mol. The second kappa shape index (κ2) is 3.54. The minimum absolute atomic E-state index is 0.539. The summed E-state index contributed by atoms with van der Waals surface area (Å²) < 4.78 is 0. The number of anilines is 1. The molecule has 4 heteroatoms. The maximum atomic E-state index is 10.2. The number of halogens is 1. The summed E-state index contributed by atoms with van der Waals surface area (Å²) in [5, 5.41) is 4.54. The summed E-state index contributed by atoms with van der Waals surface area (Å²) in [7, 11) is 1.57. The highest BCUT2D eigenvalue weighted by molar-refractivity contribution is 6.33. The fourth-order valence-corrected chi connectivity index (χ4v) is 1.42. The number of hydrogen-bond acceptors (Lipinski definition) is 2. The van der Waals surface area contributed by atoms with Crippen LogP contribution in [0.15, 0.2) is 23.5 Å². The van der Waals surface area contributed by atoms with Crippen LogP contribution in [0.3, 0.4) is 0 Å². The van der Waals surface area contributed by atoms with Crippen molar-refractivity contribution in [1.29, 1.82) is 0 Å². The van der Waals surface area contributed by atoms with Crippen LogP contribution >= 0.6 is 11.6 Å². The van der Waals surface area contributed by atoms with Crippen molar-refractivity contribution in [3.05, 3.63) is 33.7 Å². The lowest BCUT2D eigenvalue weighted by molar-refractivity contribution is 0.995. The van der Waals surface area contributed by atoms with E-state index in [-0.39, 0.29) is 0 Å². The van der Waals surface area contributed by atoms with E-state index in [0.717, 1.165) is 5.56 Å². The summed E-state index contributed by atoms with van der Waals surface area (Å²) in [6.07, 6.45) is 0. The predicted octanol–water partition coefficient (Wildman–Crippen LogP) is 2.77. The highest BCUT2D eigenvalue weighted by atomic mass is 35.5. The fraction of sp³-hybridized carbons (Fsp3) is 0.250. The second-order valence-corrected chi connectivity index (χ2v) is 2.92. The van der Waals surface area contributed by atoms with Crippen molar-refractivity contribution in [2.45, 2.75) is 6.92 Å². The molecule has 0 N–H and O–H groups in total. The van der Waals surface area contributed by atoms with Crippen molar-refractivity contribution in [1.82, 2.24) is 0 Å². The van der Waals surface area contributed by atoms with Gasteiger partial charge in [-0.15, -0.1) is 4.91 Å². The summed E-state index contributed by atoms with van der Waals surface area (Å²) in [6.45, 7) is 1.88. The van der Waals surface area contributed by atoms with E-state index in [1.807, 2.05) is 19.1 Å². The maximum absolute atomic E-state index is 10.2. The third-order valence-corrected chi connectivity index (χ3v) is 1.94. The maximum Gasteiger partial charge on any atom is 0.0838 e. The standard InChI is InChI=1S/C8H9ClN2O/c1-6-4-3-5-7(9)8(6)11(2)10-12/h3-5H,1-2H3. The topological polar surface area (TPSA) is 32.7 Å². The quantitative estimate of drug-likeness (QED) is 0.523. The third-order valence-electron chi connectivity index (χ3n) is 1.63. The third kappa shape index (κ3) is 1.56. The fourth-order valence-electron chi connectivity index (χ4n) is 1.07. The molecule has 1 aromatic carbocycles. The van der Waals surface area contributed by atoms with Crippen LogP contribution in [-0.2, 0) is 0 Å². The van der Waals surface area contributed by atoms with Gasteiger partial charge in [-0.2, -0.15) is 0 Å². The van der Waals surface area contributed by atoms with Crippen molar-refractivity contribution in [3.8, 4) is 0 Å². The Bertz CT molecular complexity index is 281. The van der Waals surface area contributed by atoms with Gasteiger partial charge in [0.1, 0.15) is 0 Å². The molecule has 0 radical (unpaired) electrons. The van der Waals surface area contributed by atoms with Gasteiger partial charge in [0.2, 0.25) is 0 Å². The first kappa shape index (κ1) is 9.00. The Balaban J connectivity index is 3.20. The van der Waals surface area contributed by atoms with Crippen molar-refractivity contribution in [2.24, 2.45) is 5.29 Å². The molecule has 0 unspecified atom stereocenters. The molecule has 64 valence electrons. The molecular formula is C8H9ClN2O. The molecule has 0 heterocycles. The Labute approximate surface area is 75.9 Å². The number of para-hydroxylation sites is 1. The van der Waals surface area contributed by atoms with Gasteiger partial charge < -0.3 is 0 Å². The van der Waals surface area contributed by atoms with Crippen LogP contribution in [0.5, 0.6) is 0 Å². The Morgan fingerprint density at radius 1 is 1.50 bits per heavy atom. The van der Waals surface area contributed by atoms with E-state index in [1.165, 1.54) is 5.01 Å². The molecule has 0 amide bonds. The van der Waals surface area contributed by atoms with Crippen LogP contribution in [0.1, 0.15) is 5.56 Å². The van der Waals surface area contributed by atoms with Crippen molar-refractivity contribution in [2.75, 3.05) is 12.1 Å². The van der Waals surface area contributed by atoms with Crippen LogP contribution in [0.25, 0.3) is 0 Å². The highest BCUT2D eigenvalue weighted by Gasteiger charge is 2.07. The van der Waals surface area contributed by atoms with Crippen LogP contribution in [-0.4, -0.2) is 7.05 Å². The summed E-state index contributed by atoms with van der Waals surface area (Å²) in [4.78, 5) is 10.2. The van der Waals surface area contributed by atoms with Crippen LogP contribution < -0.4 is 5.01 Å². The van der Waals surface area contributed by atoms with E-state index in [4.69, 9.17) is 11.6 Å². The molecule has 0 atom stereocenters. The highest BCUT2D eigenvalue weighted by Crippen LogP contribution is 2.28. The van der Waals surface area contributed by atoms with E-state index < -0.39 is 0 Å². The average molecular weight is 185 g/mol. The second-order valence-electron chi connectivity index (χ2n) is 2.51. The Morgan fingerprint density at radius 3 is 2.67 bits per heavy atom. The van der Waals surface area contributed by atoms with Crippen LogP contribution in [0, 0.1) is 11.8 Å². The van der Waals surface area contributed by atoms with E-state index in [2.05, 4.69) is 5.29 Å². The van der Waals surface area contributed by atoms with E-state index in [9.17, 15) is 4.91 Å². The zero-order valence-electron chi connectivity index (χ0n) is 6.91. The van der Waals surface area contributed by atoms with E-state index >= 15 is 0 Å². The van der Waals surface area contributed by atoms with Gasteiger partial charge in [0.15, 0.2) is 0 Å². The largest absolute Gasteiger partial charge is 0.231 e. The summed E-state index contributed by atoms with van der Waals surface area (Å²) in [6, 6.07) is 5.44. The first-order valence-electron chi connectivity index (χ1n) is 3.49. The molecule has 0 aliphatic heterocycles. The van der Waals surface area contributed by atoms with Gasteiger partial charge in [-0.25, -0.2) is 5.01 Å². The molecule has 0 bridgehead atoms. The number of benzene rings is 1. The number of rotatable bonds is 2. The van der Waals surface area contributed by atoms with Gasteiger partial charge in [0.05, 0.1) is 16.0 Å². The van der Waals surface area contributed by atoms with Crippen molar-refractivity contribution >= 4 is 17.3 Å². The summed E-state index contributed by atoms with van der Waals surface area (Å²) in [5.41, 5.74) is 1.60. The lowest BCUT2D eigenvalue weighted by Gasteiger charge is -2.12. The zero-order valence-corrected chi connectivity index (χ0v) is 7.67. The normalized spacial score (nSPS) is 9.58. The lowest BCUT2D eigenvalue weighted by Crippen LogP contribution is -2.08. The molecule has 0 aliphatic rings. The molecule has 0 saturated heterocycles. The molecule has 0 fully saturated rings. The number of nitrogens with zero attached hydrogens (tertiary/aromatic N) is 2. The first-order chi connectivity index (χ1) is 5.66. The molecule has 1 aromatic rings. The number of hydrogen-bond donors (Lipinski definition) is 0. The molecule has 0 aromatic heterocycles. The van der Waals surface area contributed by atoms with E-state index in [1.54, 1.807) is 13.1 Å². The van der Waals surface area contributed by atoms with Crippen LogP contribution in [0.4, 0.5) is 5.69 Å². The minimum Gasteiger partial charge on any atom is -0.231 e. The summed E-state index contributed by atoms with van der Waals surface area (Å²) >= 11 is 5.86. The van der Waals surface area contributed by atoms with Gasteiger partial charge in [-0.3, -0.25) is 0 Å². The zero-order chi connectivity index (χ0) is 9.14. The SMILES string of the molecule is Cc1cccc(Cl)c1N(C)N=O. The first-order valence-corrected chi connectivity index (χ1v) is 3.86. The molecule has 12 heavy (non-hydrogen) atoms. The van der Waals surface area contributed by atoms with Gasteiger partial charge >= 0.3 is 0 Å². The van der Waals surface area contributed by atoms with Gasteiger partial charge in [0.25, 0.3) is 0 Å². The Morgan fingerprint density at radius 2 is 2.17 bits per heavy atom. The summed E-state index contributed by atoms with van der Waals surface area (Å²) in [5.74, 6) is 0. The Kier molecular flexibility index (Phi) is 2.65. The van der Waals surface area contributed by atoms with Gasteiger partial charge in [-0.05, 0) is 18.6 Å².